The standard InChI is InChI=1S/C26H24ClN7O3.C18H14ClN3O4.C8H12N4/c27-20-6-4-18(5-7-20)16-31-24(36)21-15-19-3-1-8-28-23(19)34(25(21)37)17-22(35)32-11-13-33(14-12-32)26-29-9-2-10-30-26;19-13-5-3-11(4-6-13)9-21-17(25)14-8-12-2-1-7-20-16(12)22(18(14)26)10-15(23)24;1-2-10-8(11-3-1)12-6-4-9-5-7-12/h1-10,15H,11-14,16-17H2,(H,31,36);1-8H,9-10H2,(H,21,25)(H,23,24);1-3,9H,4-7H2. The van der Waals surface area contributed by atoms with Crippen LogP contribution in [0.15, 0.2) is 144 Å². The van der Waals surface area contributed by atoms with Crippen LogP contribution in [-0.4, -0.2) is 125 Å². The van der Waals surface area contributed by atoms with Crippen LogP contribution in [-0.2, 0) is 35.8 Å². The number of halogens is 2. The van der Waals surface area contributed by atoms with Gasteiger partial charge in [-0.25, -0.2) is 29.9 Å². The monoisotopic (exact) mass is 1050 g/mol. The second-order valence-corrected chi connectivity index (χ2v) is 17.8. The van der Waals surface area contributed by atoms with E-state index >= 15 is 0 Å². The maximum absolute atomic E-state index is 13.4. The van der Waals surface area contributed by atoms with Crippen molar-refractivity contribution < 1.29 is 24.3 Å². The van der Waals surface area contributed by atoms with Crippen molar-refractivity contribution in [1.29, 1.82) is 0 Å². The van der Waals surface area contributed by atoms with Crippen LogP contribution in [0.1, 0.15) is 31.8 Å². The molecule has 0 radical (unpaired) electrons. The summed E-state index contributed by atoms with van der Waals surface area (Å²) in [6.45, 7) is 5.81. The Morgan fingerprint density at radius 1 is 0.533 bits per heavy atom. The number of fused-ring (bicyclic) bond motifs is 2. The number of pyridine rings is 4. The number of aromatic nitrogens is 8. The maximum atomic E-state index is 13.4. The van der Waals surface area contributed by atoms with Gasteiger partial charge in [-0.1, -0.05) is 47.5 Å². The number of carboxylic acids is 1. The molecular formula is C52H50Cl2N14O7. The Kier molecular flexibility index (Phi) is 17.8. The van der Waals surface area contributed by atoms with Crippen LogP contribution >= 0.6 is 23.2 Å². The molecule has 0 atom stereocenters. The zero-order valence-corrected chi connectivity index (χ0v) is 41.8. The number of benzene rings is 2. The summed E-state index contributed by atoms with van der Waals surface area (Å²) in [4.78, 5) is 107. The van der Waals surface area contributed by atoms with E-state index < -0.39 is 35.4 Å². The van der Waals surface area contributed by atoms with Gasteiger partial charge in [0.25, 0.3) is 22.9 Å². The molecule has 6 aromatic heterocycles. The normalized spacial score (nSPS) is 13.2. The summed E-state index contributed by atoms with van der Waals surface area (Å²) in [7, 11) is 0. The molecular weight excluding hydrogens is 1000 g/mol. The third kappa shape index (κ3) is 13.9. The van der Waals surface area contributed by atoms with E-state index in [1.807, 2.05) is 11.0 Å². The summed E-state index contributed by atoms with van der Waals surface area (Å²) in [6.07, 6.45) is 9.95. The van der Waals surface area contributed by atoms with Gasteiger partial charge in [0.15, 0.2) is 0 Å². The predicted molar refractivity (Wildman–Crippen MR) is 283 cm³/mol. The SMILES string of the molecule is O=C(NCc1ccc(Cl)cc1)c1cc2cccnc2n(CC(=O)N2CCN(c3ncccn3)CC2)c1=O.O=C(O)Cn1c(=O)c(C(=O)NCc2ccc(Cl)cc2)cc2cccnc21.c1cnc(N2CCNCC2)nc1. The minimum atomic E-state index is -1.20. The van der Waals surface area contributed by atoms with E-state index in [2.05, 4.69) is 50.8 Å². The van der Waals surface area contributed by atoms with E-state index in [0.717, 1.165) is 47.8 Å². The van der Waals surface area contributed by atoms with Crippen molar-refractivity contribution in [3.8, 4) is 0 Å². The maximum Gasteiger partial charge on any atom is 0.323 e. The third-order valence-electron chi connectivity index (χ3n) is 11.9. The summed E-state index contributed by atoms with van der Waals surface area (Å²) in [5.74, 6) is -1.06. The minimum Gasteiger partial charge on any atom is -0.480 e. The molecule has 0 spiro atoms. The first-order chi connectivity index (χ1) is 36.4. The van der Waals surface area contributed by atoms with Gasteiger partial charge in [-0.3, -0.25) is 37.9 Å². The summed E-state index contributed by atoms with van der Waals surface area (Å²) in [6, 6.07) is 27.3. The molecule has 2 saturated heterocycles. The molecule has 2 aliphatic heterocycles. The third-order valence-corrected chi connectivity index (χ3v) is 12.4. The largest absolute Gasteiger partial charge is 0.480 e. The highest BCUT2D eigenvalue weighted by atomic mass is 35.5. The van der Waals surface area contributed by atoms with Gasteiger partial charge in [-0.2, -0.15) is 0 Å². The fourth-order valence-corrected chi connectivity index (χ4v) is 8.34. The molecule has 0 bridgehead atoms. The van der Waals surface area contributed by atoms with Gasteiger partial charge < -0.3 is 35.8 Å². The van der Waals surface area contributed by atoms with Crippen molar-refractivity contribution in [2.45, 2.75) is 26.2 Å². The molecule has 3 amide bonds. The van der Waals surface area contributed by atoms with E-state index in [0.29, 0.717) is 58.6 Å². The number of rotatable bonds is 12. The first-order valence-corrected chi connectivity index (χ1v) is 24.4. The van der Waals surface area contributed by atoms with Crippen molar-refractivity contribution in [2.75, 3.05) is 62.2 Å². The molecule has 8 aromatic rings. The molecule has 23 heteroatoms. The number of piperazine rings is 2. The van der Waals surface area contributed by atoms with Gasteiger partial charge in [-0.05, 0) is 83.9 Å². The molecule has 8 heterocycles. The van der Waals surface area contributed by atoms with Gasteiger partial charge in [0, 0.05) is 123 Å². The molecule has 384 valence electrons. The Morgan fingerprint density at radius 3 is 1.39 bits per heavy atom. The molecule has 2 fully saturated rings. The molecule has 4 N–H and O–H groups in total. The Labute approximate surface area is 438 Å². The number of nitrogens with zero attached hydrogens (tertiary/aromatic N) is 11. The molecule has 10 rings (SSSR count). The van der Waals surface area contributed by atoms with Gasteiger partial charge >= 0.3 is 5.97 Å². The van der Waals surface area contributed by atoms with Crippen LogP contribution in [0.25, 0.3) is 22.1 Å². The summed E-state index contributed by atoms with van der Waals surface area (Å²) in [5, 5.41) is 20.1. The van der Waals surface area contributed by atoms with Crippen molar-refractivity contribution in [2.24, 2.45) is 0 Å². The van der Waals surface area contributed by atoms with E-state index in [-0.39, 0.29) is 42.3 Å². The van der Waals surface area contributed by atoms with Crippen molar-refractivity contribution >= 4 is 80.9 Å². The summed E-state index contributed by atoms with van der Waals surface area (Å²) in [5.41, 5.74) is 0.776. The average Bonchev–Trinajstić information content (AvgIpc) is 3.45. The van der Waals surface area contributed by atoms with E-state index in [1.54, 1.807) is 115 Å². The van der Waals surface area contributed by atoms with Crippen LogP contribution in [0, 0.1) is 0 Å². The highest BCUT2D eigenvalue weighted by Crippen LogP contribution is 2.16. The first kappa shape index (κ1) is 52.7. The number of anilines is 2. The highest BCUT2D eigenvalue weighted by Gasteiger charge is 2.25. The number of aliphatic carboxylic acids is 1. The topological polar surface area (TPSA) is 256 Å². The minimum absolute atomic E-state index is 0.0479. The lowest BCUT2D eigenvalue weighted by molar-refractivity contribution is -0.137. The fraction of sp³-hybridized carbons (Fsp3) is 0.231. The molecule has 2 aromatic carbocycles. The number of nitrogens with one attached hydrogen (secondary N) is 3. The second-order valence-electron chi connectivity index (χ2n) is 16.9. The van der Waals surface area contributed by atoms with Crippen LogP contribution in [0.5, 0.6) is 0 Å². The second kappa shape index (κ2) is 25.3. The smallest absolute Gasteiger partial charge is 0.323 e. The molecule has 0 saturated carbocycles. The summed E-state index contributed by atoms with van der Waals surface area (Å²) < 4.78 is 2.26. The van der Waals surface area contributed by atoms with Crippen LogP contribution in [0.3, 0.4) is 0 Å². The fourth-order valence-electron chi connectivity index (χ4n) is 8.09. The number of hydrogen-bond donors (Lipinski definition) is 4. The Hall–Kier alpha value is -8.66. The summed E-state index contributed by atoms with van der Waals surface area (Å²) >= 11 is 11.7. The van der Waals surface area contributed by atoms with Crippen LogP contribution in [0.4, 0.5) is 11.9 Å². The number of amides is 3. The van der Waals surface area contributed by atoms with E-state index in [1.165, 1.54) is 22.9 Å². The first-order valence-electron chi connectivity index (χ1n) is 23.7. The lowest BCUT2D eigenvalue weighted by atomic mass is 10.1. The number of carbonyl (C=O) groups is 4. The Morgan fingerprint density at radius 2 is 0.947 bits per heavy atom. The molecule has 0 aliphatic carbocycles. The van der Waals surface area contributed by atoms with Crippen molar-refractivity contribution in [3.05, 3.63) is 187 Å². The zero-order valence-electron chi connectivity index (χ0n) is 40.3. The van der Waals surface area contributed by atoms with Crippen LogP contribution < -0.4 is 36.9 Å². The van der Waals surface area contributed by atoms with Gasteiger partial charge in [-0.15, -0.1) is 0 Å². The number of carbonyl (C=O) groups excluding carboxylic acids is 3. The van der Waals surface area contributed by atoms with E-state index in [9.17, 15) is 28.8 Å². The lowest BCUT2D eigenvalue weighted by Crippen LogP contribution is -2.50. The van der Waals surface area contributed by atoms with Crippen LogP contribution in [0.2, 0.25) is 10.0 Å². The average molecular weight is 1050 g/mol. The Bertz CT molecular complexity index is 3390. The quantitative estimate of drug-likeness (QED) is 0.135. The van der Waals surface area contributed by atoms with Gasteiger partial charge in [0.1, 0.15) is 35.5 Å². The molecule has 2 aliphatic rings. The molecule has 0 unspecified atom stereocenters. The molecule has 75 heavy (non-hydrogen) atoms. The number of hydrogen-bond acceptors (Lipinski definition) is 15. The Balaban J connectivity index is 0.000000169. The number of carboxylic acid groups (broad SMARTS) is 1. The zero-order chi connectivity index (χ0) is 52.7. The predicted octanol–water partition coefficient (Wildman–Crippen LogP) is 4.07. The van der Waals surface area contributed by atoms with Crippen molar-refractivity contribution in [3.63, 3.8) is 0 Å². The van der Waals surface area contributed by atoms with Crippen molar-refractivity contribution in [1.82, 2.24) is 59.9 Å². The highest BCUT2D eigenvalue weighted by molar-refractivity contribution is 6.30. The van der Waals surface area contributed by atoms with E-state index in [4.69, 9.17) is 28.3 Å². The lowest BCUT2D eigenvalue weighted by Gasteiger charge is -2.34. The molecule has 21 nitrogen and oxygen atoms in total. The van der Waals surface area contributed by atoms with Gasteiger partial charge in [0.2, 0.25) is 17.8 Å². The van der Waals surface area contributed by atoms with Gasteiger partial charge in [0.05, 0.1) is 0 Å².